The summed E-state index contributed by atoms with van der Waals surface area (Å²) in [6.07, 6.45) is 2.34. The average Bonchev–Trinajstić information content (AvgIpc) is 2.71. The highest BCUT2D eigenvalue weighted by Gasteiger charge is 2.24. The molecule has 0 bridgehead atoms. The van der Waals surface area contributed by atoms with E-state index in [2.05, 4.69) is 53.7 Å². The minimum Gasteiger partial charge on any atom is -0.301 e. The van der Waals surface area contributed by atoms with E-state index in [1.807, 2.05) is 34.9 Å². The van der Waals surface area contributed by atoms with Gasteiger partial charge in [-0.1, -0.05) is 40.2 Å². The van der Waals surface area contributed by atoms with Crippen LogP contribution in [0.4, 0.5) is 0 Å². The summed E-state index contributed by atoms with van der Waals surface area (Å²) in [6, 6.07) is 14.5. The highest BCUT2D eigenvalue weighted by Crippen LogP contribution is 2.26. The van der Waals surface area contributed by atoms with Crippen LogP contribution in [0, 0.1) is 12.8 Å². The molecule has 0 N–H and O–H groups in total. The Labute approximate surface area is 180 Å². The van der Waals surface area contributed by atoms with Crippen LogP contribution in [-0.2, 0) is 6.54 Å². The highest BCUT2D eigenvalue weighted by atomic mass is 79.9. The van der Waals surface area contributed by atoms with Crippen LogP contribution in [0.25, 0.3) is 22.3 Å². The van der Waals surface area contributed by atoms with Crippen molar-refractivity contribution in [3.63, 3.8) is 0 Å². The number of nitrogens with zero attached hydrogens (tertiary/aromatic N) is 3. The van der Waals surface area contributed by atoms with E-state index in [-0.39, 0.29) is 5.56 Å². The first-order valence-corrected chi connectivity index (χ1v) is 11.2. The van der Waals surface area contributed by atoms with E-state index in [0.29, 0.717) is 23.9 Å². The third-order valence-electron chi connectivity index (χ3n) is 6.02. The van der Waals surface area contributed by atoms with Gasteiger partial charge in [-0.2, -0.15) is 0 Å². The summed E-state index contributed by atoms with van der Waals surface area (Å²) in [7, 11) is 0. The van der Waals surface area contributed by atoms with Crippen LogP contribution in [0.2, 0.25) is 0 Å². The number of piperidine rings is 1. The van der Waals surface area contributed by atoms with Crippen molar-refractivity contribution >= 4 is 26.8 Å². The lowest BCUT2D eigenvalue weighted by molar-refractivity contribution is 0.130. The van der Waals surface area contributed by atoms with Crippen molar-refractivity contribution in [2.75, 3.05) is 13.1 Å². The fourth-order valence-electron chi connectivity index (χ4n) is 4.37. The van der Waals surface area contributed by atoms with Gasteiger partial charge in [-0.05, 0) is 69.8 Å². The molecule has 1 atom stereocenters. The smallest absolute Gasteiger partial charge is 0.261 e. The van der Waals surface area contributed by atoms with Crippen LogP contribution >= 0.6 is 15.9 Å². The Balaban J connectivity index is 1.84. The van der Waals surface area contributed by atoms with Crippen molar-refractivity contribution in [3.8, 4) is 11.4 Å². The zero-order valence-electron chi connectivity index (χ0n) is 17.4. The minimum atomic E-state index is 0.0521. The van der Waals surface area contributed by atoms with Crippen molar-refractivity contribution in [3.05, 3.63) is 62.9 Å². The summed E-state index contributed by atoms with van der Waals surface area (Å²) in [5, 5.41) is 0.674. The van der Waals surface area contributed by atoms with Gasteiger partial charge in [0.15, 0.2) is 0 Å². The zero-order valence-corrected chi connectivity index (χ0v) is 18.9. The Bertz CT molecular complexity index is 1090. The standard InChI is InChI=1S/C24H28BrN3O/c1-16(2)27-12-6-8-18(14-27)15-28-23(20-9-5-4-7-17(20)3)26-22-11-10-19(25)13-21(22)24(28)29/h4-5,7,9-11,13,16,18H,6,8,12,14-15H2,1-3H3. The molecule has 0 amide bonds. The number of hydrogen-bond acceptors (Lipinski definition) is 3. The van der Waals surface area contributed by atoms with E-state index < -0.39 is 0 Å². The predicted molar refractivity (Wildman–Crippen MR) is 123 cm³/mol. The van der Waals surface area contributed by atoms with Crippen LogP contribution in [0.5, 0.6) is 0 Å². The fourth-order valence-corrected chi connectivity index (χ4v) is 4.73. The lowest BCUT2D eigenvalue weighted by Crippen LogP contribution is -2.42. The van der Waals surface area contributed by atoms with E-state index in [1.165, 1.54) is 6.42 Å². The molecule has 5 heteroatoms. The molecule has 4 nitrogen and oxygen atoms in total. The second-order valence-electron chi connectivity index (χ2n) is 8.42. The van der Waals surface area contributed by atoms with Crippen LogP contribution in [0.15, 0.2) is 51.7 Å². The topological polar surface area (TPSA) is 38.1 Å². The number of rotatable bonds is 4. The molecule has 152 valence electrons. The van der Waals surface area contributed by atoms with E-state index in [9.17, 15) is 4.79 Å². The lowest BCUT2D eigenvalue weighted by atomic mass is 9.96. The van der Waals surface area contributed by atoms with Crippen molar-refractivity contribution in [1.82, 2.24) is 14.5 Å². The number of fused-ring (bicyclic) bond motifs is 1. The van der Waals surface area contributed by atoms with Crippen molar-refractivity contribution in [2.45, 2.75) is 46.2 Å². The van der Waals surface area contributed by atoms with E-state index in [1.54, 1.807) is 0 Å². The number of hydrogen-bond donors (Lipinski definition) is 0. The number of benzene rings is 2. The molecule has 0 aliphatic carbocycles. The Kier molecular flexibility index (Phi) is 5.88. The summed E-state index contributed by atoms with van der Waals surface area (Å²) in [5.74, 6) is 1.24. The molecule has 1 aliphatic rings. The van der Waals surface area contributed by atoms with Crippen molar-refractivity contribution in [2.24, 2.45) is 5.92 Å². The van der Waals surface area contributed by atoms with Gasteiger partial charge in [-0.15, -0.1) is 0 Å². The molecule has 4 rings (SSSR count). The van der Waals surface area contributed by atoms with Gasteiger partial charge in [-0.3, -0.25) is 9.36 Å². The molecule has 2 aromatic carbocycles. The van der Waals surface area contributed by atoms with Crippen molar-refractivity contribution in [1.29, 1.82) is 0 Å². The second kappa shape index (κ2) is 8.41. The van der Waals surface area contributed by atoms with E-state index >= 15 is 0 Å². The Morgan fingerprint density at radius 3 is 2.76 bits per heavy atom. The molecule has 1 unspecified atom stereocenters. The average molecular weight is 454 g/mol. The molecule has 29 heavy (non-hydrogen) atoms. The molecule has 1 fully saturated rings. The summed E-state index contributed by atoms with van der Waals surface area (Å²) < 4.78 is 2.83. The summed E-state index contributed by atoms with van der Waals surface area (Å²) in [4.78, 5) is 21.0. The van der Waals surface area contributed by atoms with Crippen molar-refractivity contribution < 1.29 is 0 Å². The molecule has 0 spiro atoms. The molecule has 0 radical (unpaired) electrons. The van der Waals surface area contributed by atoms with Crippen LogP contribution in [-0.4, -0.2) is 33.6 Å². The first-order chi connectivity index (χ1) is 13.9. The third kappa shape index (κ3) is 4.17. The molecule has 1 aliphatic heterocycles. The second-order valence-corrected chi connectivity index (χ2v) is 9.34. The van der Waals surface area contributed by atoms with Gasteiger partial charge in [0.05, 0.1) is 10.9 Å². The summed E-state index contributed by atoms with van der Waals surface area (Å²) in [5.41, 5.74) is 2.97. The molecule has 1 saturated heterocycles. The van der Waals surface area contributed by atoms with Gasteiger partial charge in [0.2, 0.25) is 0 Å². The Hall–Kier alpha value is -1.98. The normalized spacial score (nSPS) is 17.9. The first kappa shape index (κ1) is 20.3. The largest absolute Gasteiger partial charge is 0.301 e. The molecule has 3 aromatic rings. The molecular weight excluding hydrogens is 426 g/mol. The van der Waals surface area contributed by atoms with Gasteiger partial charge in [0, 0.05) is 29.2 Å². The molecule has 0 saturated carbocycles. The summed E-state index contributed by atoms with van der Waals surface area (Å²) in [6.45, 7) is 9.48. The maximum Gasteiger partial charge on any atom is 0.261 e. The first-order valence-electron chi connectivity index (χ1n) is 10.4. The molecule has 1 aromatic heterocycles. The Morgan fingerprint density at radius 2 is 2.00 bits per heavy atom. The monoisotopic (exact) mass is 453 g/mol. The predicted octanol–water partition coefficient (Wildman–Crippen LogP) is 5.25. The number of likely N-dealkylation sites (tertiary alicyclic amines) is 1. The van der Waals surface area contributed by atoms with Crippen LogP contribution in [0.3, 0.4) is 0 Å². The lowest BCUT2D eigenvalue weighted by Gasteiger charge is -2.36. The van der Waals surface area contributed by atoms with Crippen LogP contribution in [0.1, 0.15) is 32.3 Å². The number of aryl methyl sites for hydroxylation is 1. The molecular formula is C24H28BrN3O. The number of halogens is 1. The maximum absolute atomic E-state index is 13.6. The third-order valence-corrected chi connectivity index (χ3v) is 6.52. The summed E-state index contributed by atoms with van der Waals surface area (Å²) >= 11 is 3.51. The van der Waals surface area contributed by atoms with Gasteiger partial charge >= 0.3 is 0 Å². The van der Waals surface area contributed by atoms with Gasteiger partial charge < -0.3 is 4.90 Å². The molecule has 2 heterocycles. The highest BCUT2D eigenvalue weighted by molar-refractivity contribution is 9.10. The zero-order chi connectivity index (χ0) is 20.5. The number of aromatic nitrogens is 2. The fraction of sp³-hybridized carbons (Fsp3) is 0.417. The van der Waals surface area contributed by atoms with E-state index in [0.717, 1.165) is 46.5 Å². The van der Waals surface area contributed by atoms with Gasteiger partial charge in [-0.25, -0.2) is 4.98 Å². The van der Waals surface area contributed by atoms with Crippen LogP contribution < -0.4 is 5.56 Å². The minimum absolute atomic E-state index is 0.0521. The quantitative estimate of drug-likeness (QED) is 0.540. The van der Waals surface area contributed by atoms with Gasteiger partial charge in [0.1, 0.15) is 5.82 Å². The maximum atomic E-state index is 13.6. The van der Waals surface area contributed by atoms with E-state index in [4.69, 9.17) is 4.98 Å². The van der Waals surface area contributed by atoms with Gasteiger partial charge in [0.25, 0.3) is 5.56 Å². The SMILES string of the molecule is Cc1ccccc1-c1nc2ccc(Br)cc2c(=O)n1CC1CCCN(C(C)C)C1. The Morgan fingerprint density at radius 1 is 1.21 bits per heavy atom.